The van der Waals surface area contributed by atoms with E-state index in [1.807, 2.05) is 0 Å². The van der Waals surface area contributed by atoms with Gasteiger partial charge in [0.1, 0.15) is 16.5 Å². The van der Waals surface area contributed by atoms with E-state index in [-0.39, 0.29) is 23.1 Å². The van der Waals surface area contributed by atoms with Gasteiger partial charge in [0, 0.05) is 44.0 Å². The van der Waals surface area contributed by atoms with Crippen LogP contribution >= 0.6 is 0 Å². The first-order chi connectivity index (χ1) is 12.7. The Labute approximate surface area is 157 Å². The van der Waals surface area contributed by atoms with Crippen LogP contribution in [0.2, 0.25) is 0 Å². The van der Waals surface area contributed by atoms with Gasteiger partial charge in [-0.3, -0.25) is 4.79 Å². The minimum atomic E-state index is -3.60. The molecule has 0 saturated carbocycles. The van der Waals surface area contributed by atoms with Gasteiger partial charge in [0.25, 0.3) is 0 Å². The lowest BCUT2D eigenvalue weighted by molar-refractivity contribution is -0.123. The number of ketones is 1. The molecule has 1 fully saturated rings. The summed E-state index contributed by atoms with van der Waals surface area (Å²) in [4.78, 5) is 24.0. The first kappa shape index (κ1) is 21.1. The fourth-order valence-corrected chi connectivity index (χ4v) is 3.68. The van der Waals surface area contributed by atoms with Crippen molar-refractivity contribution >= 4 is 27.4 Å². The Morgan fingerprint density at radius 1 is 1.26 bits per heavy atom. The summed E-state index contributed by atoms with van der Waals surface area (Å²) in [5.74, 6) is -0.874. The highest BCUT2D eigenvalue weighted by Gasteiger charge is 2.26. The number of amides is 1. The van der Waals surface area contributed by atoms with Crippen LogP contribution in [0.15, 0.2) is 23.1 Å². The third-order valence-electron chi connectivity index (χ3n) is 4.48. The van der Waals surface area contributed by atoms with E-state index in [1.54, 1.807) is 0 Å². The summed E-state index contributed by atoms with van der Waals surface area (Å²) in [6.07, 6.45) is 1.07. The van der Waals surface area contributed by atoms with Crippen LogP contribution in [0.25, 0.3) is 0 Å². The Kier molecular flexibility index (Phi) is 7.14. The van der Waals surface area contributed by atoms with E-state index in [0.29, 0.717) is 44.7 Å². The third-order valence-corrected chi connectivity index (χ3v) is 5.61. The SMILES string of the molecule is CS(=O)(=O)c1ccc(NCCNCC(=O)C2CCN(C(=O)O)CC2)cc1F. The van der Waals surface area contributed by atoms with E-state index in [9.17, 15) is 22.4 Å². The van der Waals surface area contributed by atoms with Crippen LogP contribution < -0.4 is 10.6 Å². The number of carbonyl (C=O) groups is 2. The number of carboxylic acid groups (broad SMARTS) is 1. The van der Waals surface area contributed by atoms with E-state index in [2.05, 4.69) is 10.6 Å². The van der Waals surface area contributed by atoms with Crippen molar-refractivity contribution in [2.75, 3.05) is 44.3 Å². The van der Waals surface area contributed by atoms with E-state index in [1.165, 1.54) is 17.0 Å². The molecule has 1 amide bonds. The van der Waals surface area contributed by atoms with Crippen LogP contribution in [0.1, 0.15) is 12.8 Å². The molecule has 0 aromatic heterocycles. The number of hydrogen-bond donors (Lipinski definition) is 3. The lowest BCUT2D eigenvalue weighted by atomic mass is 9.92. The number of hydrogen-bond acceptors (Lipinski definition) is 6. The molecule has 1 aliphatic heterocycles. The number of sulfone groups is 1. The van der Waals surface area contributed by atoms with Crippen molar-refractivity contribution in [2.45, 2.75) is 17.7 Å². The fourth-order valence-electron chi connectivity index (χ4n) is 2.96. The van der Waals surface area contributed by atoms with Crippen LogP contribution in [0, 0.1) is 11.7 Å². The number of halogens is 1. The molecule has 10 heteroatoms. The highest BCUT2D eigenvalue weighted by molar-refractivity contribution is 7.90. The van der Waals surface area contributed by atoms with E-state index < -0.39 is 21.7 Å². The Morgan fingerprint density at radius 3 is 2.48 bits per heavy atom. The number of carbonyl (C=O) groups excluding carboxylic acids is 1. The number of nitrogens with zero attached hydrogens (tertiary/aromatic N) is 1. The molecule has 0 bridgehead atoms. The molecule has 1 aromatic rings. The summed E-state index contributed by atoms with van der Waals surface area (Å²) in [7, 11) is -3.60. The molecule has 1 aliphatic rings. The molecule has 0 atom stereocenters. The maximum Gasteiger partial charge on any atom is 0.407 e. The Hall–Kier alpha value is -2.20. The largest absolute Gasteiger partial charge is 0.465 e. The van der Waals surface area contributed by atoms with Crippen molar-refractivity contribution in [3.63, 3.8) is 0 Å². The van der Waals surface area contributed by atoms with Gasteiger partial charge < -0.3 is 20.6 Å². The molecule has 150 valence electrons. The number of piperidine rings is 1. The maximum atomic E-state index is 13.8. The number of nitrogens with one attached hydrogen (secondary N) is 2. The van der Waals surface area contributed by atoms with Gasteiger partial charge in [-0.1, -0.05) is 0 Å². The first-order valence-electron chi connectivity index (χ1n) is 8.63. The van der Waals surface area contributed by atoms with Gasteiger partial charge >= 0.3 is 6.09 Å². The van der Waals surface area contributed by atoms with Crippen LogP contribution in [0.4, 0.5) is 14.9 Å². The lowest BCUT2D eigenvalue weighted by Gasteiger charge is -2.29. The van der Waals surface area contributed by atoms with Crippen LogP contribution in [-0.2, 0) is 14.6 Å². The zero-order chi connectivity index (χ0) is 20.0. The molecule has 1 heterocycles. The average Bonchev–Trinajstić information content (AvgIpc) is 2.60. The first-order valence-corrected chi connectivity index (χ1v) is 10.5. The third kappa shape index (κ3) is 6.17. The van der Waals surface area contributed by atoms with Gasteiger partial charge in [0.15, 0.2) is 9.84 Å². The van der Waals surface area contributed by atoms with Crippen molar-refractivity contribution in [3.8, 4) is 0 Å². The number of Topliss-reactive ketones (excluding diaryl/α,β-unsaturated/α-hetero) is 1. The maximum absolute atomic E-state index is 13.8. The van der Waals surface area contributed by atoms with Crippen molar-refractivity contribution in [1.29, 1.82) is 0 Å². The van der Waals surface area contributed by atoms with Crippen molar-refractivity contribution in [3.05, 3.63) is 24.0 Å². The summed E-state index contributed by atoms with van der Waals surface area (Å²) >= 11 is 0. The smallest absolute Gasteiger partial charge is 0.407 e. The number of benzene rings is 1. The normalized spacial score (nSPS) is 15.6. The highest BCUT2D eigenvalue weighted by Crippen LogP contribution is 2.19. The van der Waals surface area contributed by atoms with Gasteiger partial charge in [0.05, 0.1) is 6.54 Å². The molecule has 0 unspecified atom stereocenters. The van der Waals surface area contributed by atoms with Gasteiger partial charge in [-0.2, -0.15) is 0 Å². The predicted octanol–water partition coefficient (Wildman–Crippen LogP) is 1.19. The number of likely N-dealkylation sites (tertiary alicyclic amines) is 1. The molecule has 1 aromatic carbocycles. The molecule has 8 nitrogen and oxygen atoms in total. The second kappa shape index (κ2) is 9.14. The minimum Gasteiger partial charge on any atom is -0.465 e. The second-order valence-corrected chi connectivity index (χ2v) is 8.52. The van der Waals surface area contributed by atoms with Gasteiger partial charge in [-0.25, -0.2) is 17.6 Å². The highest BCUT2D eigenvalue weighted by atomic mass is 32.2. The van der Waals surface area contributed by atoms with Crippen molar-refractivity contribution < 1.29 is 27.5 Å². The van der Waals surface area contributed by atoms with E-state index in [4.69, 9.17) is 5.11 Å². The molecular formula is C17H24FN3O5S. The molecule has 0 aliphatic carbocycles. The summed E-state index contributed by atoms with van der Waals surface area (Å²) in [6, 6.07) is 3.83. The van der Waals surface area contributed by atoms with Crippen molar-refractivity contribution in [1.82, 2.24) is 10.2 Å². The monoisotopic (exact) mass is 401 g/mol. The molecule has 2 rings (SSSR count). The average molecular weight is 401 g/mol. The van der Waals surface area contributed by atoms with Gasteiger partial charge in [0.2, 0.25) is 0 Å². The quantitative estimate of drug-likeness (QED) is 0.560. The van der Waals surface area contributed by atoms with E-state index in [0.717, 1.165) is 12.3 Å². The predicted molar refractivity (Wildman–Crippen MR) is 98.2 cm³/mol. The van der Waals surface area contributed by atoms with Gasteiger partial charge in [-0.05, 0) is 31.0 Å². The molecule has 27 heavy (non-hydrogen) atoms. The van der Waals surface area contributed by atoms with Crippen LogP contribution in [-0.4, -0.2) is 69.3 Å². The zero-order valence-corrected chi connectivity index (χ0v) is 15.9. The Morgan fingerprint density at radius 2 is 1.93 bits per heavy atom. The van der Waals surface area contributed by atoms with Crippen LogP contribution in [0.3, 0.4) is 0 Å². The van der Waals surface area contributed by atoms with E-state index >= 15 is 0 Å². The number of rotatable bonds is 8. The summed E-state index contributed by atoms with van der Waals surface area (Å²) in [5.41, 5.74) is 0.453. The second-order valence-electron chi connectivity index (χ2n) is 6.53. The summed E-state index contributed by atoms with van der Waals surface area (Å²) < 4.78 is 36.5. The van der Waals surface area contributed by atoms with Gasteiger partial charge in [-0.15, -0.1) is 0 Å². The minimum absolute atomic E-state index is 0.0589. The Bertz CT molecular complexity index is 792. The molecular weight excluding hydrogens is 377 g/mol. The Balaban J connectivity index is 1.68. The molecule has 3 N–H and O–H groups in total. The number of anilines is 1. The topological polar surface area (TPSA) is 116 Å². The zero-order valence-electron chi connectivity index (χ0n) is 15.1. The molecule has 0 radical (unpaired) electrons. The standard InChI is InChI=1S/C17H24FN3O5S/c1-27(25,26)16-3-2-13(10-14(16)18)20-7-6-19-11-15(22)12-4-8-21(9-5-12)17(23)24/h2-3,10,12,19-20H,4-9,11H2,1H3,(H,23,24). The molecule has 0 spiro atoms. The molecule has 1 saturated heterocycles. The summed E-state index contributed by atoms with van der Waals surface area (Å²) in [6.45, 7) is 1.85. The summed E-state index contributed by atoms with van der Waals surface area (Å²) in [5, 5.41) is 14.9. The van der Waals surface area contributed by atoms with Crippen LogP contribution in [0.5, 0.6) is 0 Å². The lowest BCUT2D eigenvalue weighted by Crippen LogP contribution is -2.41. The fraction of sp³-hybridized carbons (Fsp3) is 0.529. The van der Waals surface area contributed by atoms with Crippen molar-refractivity contribution in [2.24, 2.45) is 5.92 Å².